The molecule has 2 N–H and O–H groups in total. The SMILES string of the molecule is CCC[C@H](N)C(=O)N1CCN(CCC(C)C)CC1. The lowest BCUT2D eigenvalue weighted by molar-refractivity contribution is -0.134. The van der Waals surface area contributed by atoms with Crippen molar-refractivity contribution in [2.45, 2.75) is 46.1 Å². The molecule has 0 saturated carbocycles. The summed E-state index contributed by atoms with van der Waals surface area (Å²) < 4.78 is 0. The Morgan fingerprint density at radius 1 is 1.17 bits per heavy atom. The lowest BCUT2D eigenvalue weighted by Crippen LogP contribution is -2.53. The molecule has 1 aliphatic heterocycles. The molecule has 1 fully saturated rings. The van der Waals surface area contributed by atoms with Crippen LogP contribution in [0.15, 0.2) is 0 Å². The molecule has 0 bridgehead atoms. The zero-order valence-electron chi connectivity index (χ0n) is 12.2. The van der Waals surface area contributed by atoms with Crippen molar-refractivity contribution < 1.29 is 4.79 Å². The van der Waals surface area contributed by atoms with E-state index in [0.717, 1.165) is 51.5 Å². The van der Waals surface area contributed by atoms with E-state index >= 15 is 0 Å². The van der Waals surface area contributed by atoms with Crippen molar-refractivity contribution in [2.24, 2.45) is 11.7 Å². The van der Waals surface area contributed by atoms with Gasteiger partial charge in [-0.1, -0.05) is 27.2 Å². The Labute approximate surface area is 111 Å². The lowest BCUT2D eigenvalue weighted by Gasteiger charge is -2.36. The van der Waals surface area contributed by atoms with Gasteiger partial charge in [0.05, 0.1) is 6.04 Å². The van der Waals surface area contributed by atoms with Crippen LogP contribution in [0.5, 0.6) is 0 Å². The molecule has 0 unspecified atom stereocenters. The van der Waals surface area contributed by atoms with Gasteiger partial charge in [0.1, 0.15) is 0 Å². The molecule has 4 heteroatoms. The number of piperazine rings is 1. The monoisotopic (exact) mass is 255 g/mol. The van der Waals surface area contributed by atoms with Gasteiger partial charge in [-0.3, -0.25) is 9.69 Å². The molecule has 0 aromatic rings. The highest BCUT2D eigenvalue weighted by Crippen LogP contribution is 2.08. The molecule has 106 valence electrons. The second-order valence-corrected chi connectivity index (χ2v) is 5.74. The van der Waals surface area contributed by atoms with Crippen LogP contribution >= 0.6 is 0 Å². The predicted molar refractivity (Wildman–Crippen MR) is 75.4 cm³/mol. The summed E-state index contributed by atoms with van der Waals surface area (Å²) in [6.45, 7) is 11.4. The van der Waals surface area contributed by atoms with Gasteiger partial charge in [0, 0.05) is 26.2 Å². The molecule has 0 aromatic carbocycles. The van der Waals surface area contributed by atoms with Crippen LogP contribution in [0.3, 0.4) is 0 Å². The van der Waals surface area contributed by atoms with E-state index in [-0.39, 0.29) is 11.9 Å². The number of nitrogens with two attached hydrogens (primary N) is 1. The molecule has 1 atom stereocenters. The van der Waals surface area contributed by atoms with Gasteiger partial charge in [-0.2, -0.15) is 0 Å². The lowest BCUT2D eigenvalue weighted by atomic mass is 10.1. The number of amides is 1. The minimum absolute atomic E-state index is 0.139. The summed E-state index contributed by atoms with van der Waals surface area (Å²) in [5.41, 5.74) is 5.89. The van der Waals surface area contributed by atoms with Gasteiger partial charge in [-0.25, -0.2) is 0 Å². The van der Waals surface area contributed by atoms with Crippen molar-refractivity contribution >= 4 is 5.91 Å². The Morgan fingerprint density at radius 3 is 2.28 bits per heavy atom. The first-order valence-corrected chi connectivity index (χ1v) is 7.31. The fourth-order valence-electron chi connectivity index (χ4n) is 2.30. The van der Waals surface area contributed by atoms with Crippen molar-refractivity contribution in [3.05, 3.63) is 0 Å². The molecule has 1 saturated heterocycles. The topological polar surface area (TPSA) is 49.6 Å². The van der Waals surface area contributed by atoms with Crippen molar-refractivity contribution in [2.75, 3.05) is 32.7 Å². The number of nitrogens with zero attached hydrogens (tertiary/aromatic N) is 2. The number of rotatable bonds is 6. The third-order valence-electron chi connectivity index (χ3n) is 3.62. The van der Waals surface area contributed by atoms with Crippen LogP contribution in [0.25, 0.3) is 0 Å². The van der Waals surface area contributed by atoms with Crippen LogP contribution in [0.4, 0.5) is 0 Å². The molecule has 18 heavy (non-hydrogen) atoms. The fraction of sp³-hybridized carbons (Fsp3) is 0.929. The van der Waals surface area contributed by atoms with Gasteiger partial charge in [0.25, 0.3) is 0 Å². The number of hydrogen-bond donors (Lipinski definition) is 1. The average Bonchev–Trinajstić information content (AvgIpc) is 2.36. The molecule has 0 aromatic heterocycles. The van der Waals surface area contributed by atoms with E-state index in [1.165, 1.54) is 6.42 Å². The number of carbonyl (C=O) groups is 1. The molecule has 1 heterocycles. The largest absolute Gasteiger partial charge is 0.339 e. The molecule has 4 nitrogen and oxygen atoms in total. The molecule has 0 spiro atoms. The molecule has 0 radical (unpaired) electrons. The molecule has 1 amide bonds. The molecule has 1 rings (SSSR count). The second-order valence-electron chi connectivity index (χ2n) is 5.74. The Kier molecular flexibility index (Phi) is 6.65. The van der Waals surface area contributed by atoms with E-state index < -0.39 is 0 Å². The van der Waals surface area contributed by atoms with E-state index in [1.807, 2.05) is 4.90 Å². The summed E-state index contributed by atoms with van der Waals surface area (Å²) in [6.07, 6.45) is 3.01. The van der Waals surface area contributed by atoms with E-state index in [9.17, 15) is 4.79 Å². The quantitative estimate of drug-likeness (QED) is 0.778. The van der Waals surface area contributed by atoms with Crippen LogP contribution in [0.1, 0.15) is 40.0 Å². The highest BCUT2D eigenvalue weighted by molar-refractivity contribution is 5.81. The van der Waals surface area contributed by atoms with Gasteiger partial charge in [-0.05, 0) is 25.3 Å². The molecular formula is C14H29N3O. The maximum absolute atomic E-state index is 12.0. The summed E-state index contributed by atoms with van der Waals surface area (Å²) in [4.78, 5) is 16.4. The number of carbonyl (C=O) groups excluding carboxylic acids is 1. The second kappa shape index (κ2) is 7.74. The van der Waals surface area contributed by atoms with Crippen LogP contribution in [-0.2, 0) is 4.79 Å². The predicted octanol–water partition coefficient (Wildman–Crippen LogP) is 1.30. The summed E-state index contributed by atoms with van der Waals surface area (Å²) in [6, 6.07) is -0.294. The third kappa shape index (κ3) is 4.94. The zero-order valence-corrected chi connectivity index (χ0v) is 12.2. The molecule has 0 aliphatic carbocycles. The standard InChI is InChI=1S/C14H29N3O/c1-4-5-13(15)14(18)17-10-8-16(9-11-17)7-6-12(2)3/h12-13H,4-11,15H2,1-3H3/t13-/m0/s1. The van der Waals surface area contributed by atoms with E-state index in [2.05, 4.69) is 25.7 Å². The number of hydrogen-bond acceptors (Lipinski definition) is 3. The van der Waals surface area contributed by atoms with Crippen molar-refractivity contribution in [1.82, 2.24) is 9.80 Å². The Bertz CT molecular complexity index is 247. The summed E-state index contributed by atoms with van der Waals surface area (Å²) in [7, 11) is 0. The van der Waals surface area contributed by atoms with Crippen LogP contribution in [0, 0.1) is 5.92 Å². The Hall–Kier alpha value is -0.610. The highest BCUT2D eigenvalue weighted by Gasteiger charge is 2.24. The van der Waals surface area contributed by atoms with E-state index in [0.29, 0.717) is 0 Å². The minimum atomic E-state index is -0.294. The van der Waals surface area contributed by atoms with Crippen LogP contribution in [0.2, 0.25) is 0 Å². The van der Waals surface area contributed by atoms with Crippen molar-refractivity contribution in [3.8, 4) is 0 Å². The molecule has 1 aliphatic rings. The fourth-order valence-corrected chi connectivity index (χ4v) is 2.30. The average molecular weight is 255 g/mol. The van der Waals surface area contributed by atoms with Crippen molar-refractivity contribution in [1.29, 1.82) is 0 Å². The van der Waals surface area contributed by atoms with Gasteiger partial charge in [0.15, 0.2) is 0 Å². The summed E-state index contributed by atoms with van der Waals surface area (Å²) in [5, 5.41) is 0. The van der Waals surface area contributed by atoms with E-state index in [1.54, 1.807) is 0 Å². The maximum atomic E-state index is 12.0. The first-order chi connectivity index (χ1) is 8.54. The van der Waals surface area contributed by atoms with Gasteiger partial charge >= 0.3 is 0 Å². The minimum Gasteiger partial charge on any atom is -0.339 e. The van der Waals surface area contributed by atoms with Gasteiger partial charge in [0.2, 0.25) is 5.91 Å². The summed E-state index contributed by atoms with van der Waals surface area (Å²) in [5.74, 6) is 0.892. The highest BCUT2D eigenvalue weighted by atomic mass is 16.2. The zero-order chi connectivity index (χ0) is 13.5. The normalized spacial score (nSPS) is 19.3. The first kappa shape index (κ1) is 15.4. The smallest absolute Gasteiger partial charge is 0.239 e. The van der Waals surface area contributed by atoms with Crippen LogP contribution < -0.4 is 5.73 Å². The van der Waals surface area contributed by atoms with Crippen molar-refractivity contribution in [3.63, 3.8) is 0 Å². The summed E-state index contributed by atoms with van der Waals surface area (Å²) >= 11 is 0. The Morgan fingerprint density at radius 2 is 1.78 bits per heavy atom. The van der Waals surface area contributed by atoms with E-state index in [4.69, 9.17) is 5.73 Å². The first-order valence-electron chi connectivity index (χ1n) is 7.31. The van der Waals surface area contributed by atoms with Gasteiger partial charge < -0.3 is 10.6 Å². The molecular weight excluding hydrogens is 226 g/mol. The van der Waals surface area contributed by atoms with Crippen LogP contribution in [-0.4, -0.2) is 54.5 Å². The Balaban J connectivity index is 2.28. The maximum Gasteiger partial charge on any atom is 0.239 e. The third-order valence-corrected chi connectivity index (χ3v) is 3.62. The van der Waals surface area contributed by atoms with Gasteiger partial charge in [-0.15, -0.1) is 0 Å².